The van der Waals surface area contributed by atoms with Crippen LogP contribution in [-0.2, 0) is 13.6 Å². The molecule has 0 spiro atoms. The first-order valence-corrected chi connectivity index (χ1v) is 5.89. The summed E-state index contributed by atoms with van der Waals surface area (Å²) in [6, 6.07) is 0. The molecular weight excluding hydrogens is 191 g/mol. The Morgan fingerprint density at radius 2 is 1.92 bits per heavy atom. The highest BCUT2D eigenvalue weighted by Crippen LogP contribution is 2.52. The second-order valence-electron chi connectivity index (χ2n) is 2.38. The molecule has 0 saturated carbocycles. The number of aliphatic hydroxyl groups is 1. The molecule has 0 amide bonds. The molecule has 0 aliphatic carbocycles. The zero-order valence-electron chi connectivity index (χ0n) is 8.10. The van der Waals surface area contributed by atoms with Gasteiger partial charge in [0.05, 0.1) is 13.2 Å². The van der Waals surface area contributed by atoms with Crippen LogP contribution in [0.1, 0.15) is 20.3 Å². The van der Waals surface area contributed by atoms with Crippen LogP contribution in [0.5, 0.6) is 0 Å². The average Bonchev–Trinajstić information content (AvgIpc) is 2.05. The van der Waals surface area contributed by atoms with E-state index in [1.165, 1.54) is 6.08 Å². The van der Waals surface area contributed by atoms with Crippen molar-refractivity contribution in [2.45, 2.75) is 26.1 Å². The molecule has 1 atom stereocenters. The van der Waals surface area contributed by atoms with Crippen LogP contribution in [0.2, 0.25) is 0 Å². The van der Waals surface area contributed by atoms with Gasteiger partial charge >= 0.3 is 7.60 Å². The molecule has 5 heteroatoms. The van der Waals surface area contributed by atoms with E-state index in [-0.39, 0.29) is 19.6 Å². The van der Waals surface area contributed by atoms with Gasteiger partial charge in [-0.2, -0.15) is 0 Å². The number of rotatable bonds is 7. The molecular formula is C8H17O4P. The normalized spacial score (nSPS) is 14.1. The third kappa shape index (κ3) is 4.05. The predicted octanol–water partition coefficient (Wildman–Crippen LogP) is 2.15. The molecule has 0 aromatic rings. The monoisotopic (exact) mass is 208 g/mol. The average molecular weight is 208 g/mol. The van der Waals surface area contributed by atoms with Crippen molar-refractivity contribution in [1.29, 1.82) is 0 Å². The molecule has 0 saturated heterocycles. The Labute approximate surface area is 79.1 Å². The smallest absolute Gasteiger partial charge is 0.359 e. The van der Waals surface area contributed by atoms with Gasteiger partial charge in [0.1, 0.15) is 0 Å². The van der Waals surface area contributed by atoms with E-state index in [1.807, 2.05) is 0 Å². The van der Waals surface area contributed by atoms with Crippen LogP contribution in [0, 0.1) is 0 Å². The first kappa shape index (κ1) is 12.8. The molecule has 0 rings (SSSR count). The van der Waals surface area contributed by atoms with E-state index in [0.717, 1.165) is 0 Å². The zero-order valence-corrected chi connectivity index (χ0v) is 9.00. The molecule has 1 unspecified atom stereocenters. The minimum atomic E-state index is -3.34. The van der Waals surface area contributed by atoms with Gasteiger partial charge in [0.15, 0.2) is 5.85 Å². The lowest BCUT2D eigenvalue weighted by molar-refractivity contribution is 0.150. The fourth-order valence-corrected chi connectivity index (χ4v) is 2.39. The van der Waals surface area contributed by atoms with Gasteiger partial charge in [-0.05, 0) is 13.8 Å². The van der Waals surface area contributed by atoms with Crippen LogP contribution in [-0.4, -0.2) is 24.2 Å². The van der Waals surface area contributed by atoms with Gasteiger partial charge in [0, 0.05) is 6.42 Å². The van der Waals surface area contributed by atoms with Gasteiger partial charge in [-0.1, -0.05) is 6.08 Å². The van der Waals surface area contributed by atoms with Crippen LogP contribution in [0.15, 0.2) is 12.7 Å². The molecule has 0 bridgehead atoms. The van der Waals surface area contributed by atoms with Crippen molar-refractivity contribution in [1.82, 2.24) is 0 Å². The molecule has 0 fully saturated rings. The van der Waals surface area contributed by atoms with E-state index in [2.05, 4.69) is 6.58 Å². The summed E-state index contributed by atoms with van der Waals surface area (Å²) in [6.07, 6.45) is 1.69. The summed E-state index contributed by atoms with van der Waals surface area (Å²) in [5.74, 6) is -1.11. The molecule has 78 valence electrons. The number of hydrogen-bond donors (Lipinski definition) is 1. The number of aliphatic hydroxyl groups excluding tert-OH is 1. The molecule has 0 aliphatic heterocycles. The highest BCUT2D eigenvalue weighted by molar-refractivity contribution is 7.54. The Hall–Kier alpha value is -0.150. The summed E-state index contributed by atoms with van der Waals surface area (Å²) in [5, 5.41) is 9.45. The summed E-state index contributed by atoms with van der Waals surface area (Å²) < 4.78 is 21.6. The summed E-state index contributed by atoms with van der Waals surface area (Å²) in [5.41, 5.74) is 0. The molecule has 1 N–H and O–H groups in total. The molecule has 0 aromatic heterocycles. The van der Waals surface area contributed by atoms with Crippen molar-refractivity contribution in [3.05, 3.63) is 12.7 Å². The molecule has 0 aromatic carbocycles. The summed E-state index contributed by atoms with van der Waals surface area (Å²) in [6.45, 7) is 7.35. The minimum Gasteiger partial charge on any atom is -0.380 e. The van der Waals surface area contributed by atoms with Gasteiger partial charge < -0.3 is 14.2 Å². The lowest BCUT2D eigenvalue weighted by atomic mass is 10.5. The fourth-order valence-electron chi connectivity index (χ4n) is 0.847. The van der Waals surface area contributed by atoms with Crippen LogP contribution in [0.4, 0.5) is 0 Å². The fraction of sp³-hybridized carbons (Fsp3) is 0.750. The lowest BCUT2D eigenvalue weighted by Crippen LogP contribution is -2.11. The second-order valence-corrected chi connectivity index (χ2v) is 4.57. The van der Waals surface area contributed by atoms with E-state index in [9.17, 15) is 9.67 Å². The minimum absolute atomic E-state index is 0.206. The summed E-state index contributed by atoms with van der Waals surface area (Å²) in [4.78, 5) is 0. The Morgan fingerprint density at radius 3 is 2.23 bits per heavy atom. The van der Waals surface area contributed by atoms with Gasteiger partial charge in [0.25, 0.3) is 0 Å². The van der Waals surface area contributed by atoms with Gasteiger partial charge in [-0.25, -0.2) is 0 Å². The maximum absolute atomic E-state index is 11.8. The third-order valence-electron chi connectivity index (χ3n) is 1.36. The van der Waals surface area contributed by atoms with Gasteiger partial charge in [-0.3, -0.25) is 4.57 Å². The maximum Gasteiger partial charge on any atom is 0.359 e. The van der Waals surface area contributed by atoms with E-state index in [1.54, 1.807) is 13.8 Å². The topological polar surface area (TPSA) is 55.8 Å². The highest BCUT2D eigenvalue weighted by atomic mass is 31.2. The van der Waals surface area contributed by atoms with Crippen molar-refractivity contribution in [2.24, 2.45) is 0 Å². The van der Waals surface area contributed by atoms with Crippen molar-refractivity contribution >= 4 is 7.60 Å². The van der Waals surface area contributed by atoms with Gasteiger partial charge in [0.2, 0.25) is 0 Å². The zero-order chi connectivity index (χ0) is 10.3. The summed E-state index contributed by atoms with van der Waals surface area (Å²) in [7, 11) is -3.34. The van der Waals surface area contributed by atoms with Crippen LogP contribution < -0.4 is 0 Å². The quantitative estimate of drug-likeness (QED) is 0.514. The largest absolute Gasteiger partial charge is 0.380 e. The van der Waals surface area contributed by atoms with E-state index >= 15 is 0 Å². The highest BCUT2D eigenvalue weighted by Gasteiger charge is 2.32. The second kappa shape index (κ2) is 6.33. The molecule has 13 heavy (non-hydrogen) atoms. The van der Waals surface area contributed by atoms with Crippen LogP contribution >= 0.6 is 7.60 Å². The molecule has 4 nitrogen and oxygen atoms in total. The van der Waals surface area contributed by atoms with Crippen molar-refractivity contribution < 1.29 is 18.7 Å². The van der Waals surface area contributed by atoms with Crippen molar-refractivity contribution in [2.75, 3.05) is 13.2 Å². The standard InChI is InChI=1S/C8H17O4P/c1-4-7-8(9)13(10,11-5-2)12-6-3/h4,8-9H,1,5-7H2,2-3H3. The van der Waals surface area contributed by atoms with Gasteiger partial charge in [-0.15, -0.1) is 6.58 Å². The molecule has 0 heterocycles. The first-order valence-electron chi connectivity index (χ1n) is 4.28. The Morgan fingerprint density at radius 1 is 1.46 bits per heavy atom. The number of hydrogen-bond acceptors (Lipinski definition) is 4. The Balaban J connectivity index is 4.36. The van der Waals surface area contributed by atoms with E-state index in [0.29, 0.717) is 0 Å². The molecule has 0 aliphatic rings. The SMILES string of the molecule is C=CCC(O)P(=O)(OCC)OCC. The Kier molecular flexibility index (Phi) is 6.25. The Bertz CT molecular complexity index is 183. The third-order valence-corrected chi connectivity index (χ3v) is 3.54. The van der Waals surface area contributed by atoms with Crippen LogP contribution in [0.3, 0.4) is 0 Å². The first-order chi connectivity index (χ1) is 6.10. The van der Waals surface area contributed by atoms with Crippen molar-refractivity contribution in [3.8, 4) is 0 Å². The molecule has 0 radical (unpaired) electrons. The lowest BCUT2D eigenvalue weighted by Gasteiger charge is -2.20. The van der Waals surface area contributed by atoms with E-state index in [4.69, 9.17) is 9.05 Å². The summed E-state index contributed by atoms with van der Waals surface area (Å²) >= 11 is 0. The maximum atomic E-state index is 11.8. The van der Waals surface area contributed by atoms with E-state index < -0.39 is 13.4 Å². The predicted molar refractivity (Wildman–Crippen MR) is 51.7 cm³/mol. The van der Waals surface area contributed by atoms with Crippen LogP contribution in [0.25, 0.3) is 0 Å². The van der Waals surface area contributed by atoms with Crippen molar-refractivity contribution in [3.63, 3.8) is 0 Å².